The third-order valence-corrected chi connectivity index (χ3v) is 9.42. The van der Waals surface area contributed by atoms with E-state index in [4.69, 9.17) is 0 Å². The summed E-state index contributed by atoms with van der Waals surface area (Å²) >= 11 is -0.982. The Hall–Kier alpha value is 0.653. The zero-order chi connectivity index (χ0) is 7.40. The van der Waals surface area contributed by atoms with Gasteiger partial charge in [-0.05, 0) is 0 Å². The van der Waals surface area contributed by atoms with Crippen LogP contribution in [0.1, 0.15) is 20.3 Å². The zero-order valence-electron chi connectivity index (χ0n) is 7.23. The normalized spacial score (nSPS) is 14.2. The van der Waals surface area contributed by atoms with Crippen LogP contribution in [0.2, 0.25) is 8.26 Å². The van der Waals surface area contributed by atoms with E-state index in [-0.39, 0.29) is 12.4 Å². The van der Waals surface area contributed by atoms with Gasteiger partial charge in [-0.1, -0.05) is 0 Å². The summed E-state index contributed by atoms with van der Waals surface area (Å²) < 4.78 is 4.81. The molecule has 0 saturated heterocycles. The SMILES string of the molecule is C[CH2][Zr+]([CH2]C)[C]1=CC=CC1.[Cl-]. The number of hydrogen-bond donors (Lipinski definition) is 0. The molecule has 0 saturated carbocycles. The molecule has 0 aromatic rings. The van der Waals surface area contributed by atoms with Crippen LogP contribution in [0, 0.1) is 0 Å². The molecule has 0 N–H and O–H groups in total. The second-order valence-corrected chi connectivity index (χ2v) is 10.7. The van der Waals surface area contributed by atoms with Crippen molar-refractivity contribution >= 4 is 0 Å². The minimum atomic E-state index is -0.982. The van der Waals surface area contributed by atoms with E-state index in [0.717, 1.165) is 0 Å². The Morgan fingerprint density at radius 2 is 2.00 bits per heavy atom. The van der Waals surface area contributed by atoms with Gasteiger partial charge < -0.3 is 12.4 Å². The Bertz CT molecular complexity index is 157. The van der Waals surface area contributed by atoms with Crippen LogP contribution in [0.5, 0.6) is 0 Å². The molecule has 0 aliphatic heterocycles. The molecule has 0 aromatic carbocycles. The monoisotopic (exact) mass is 248 g/mol. The first-order valence-electron chi connectivity index (χ1n) is 4.09. The van der Waals surface area contributed by atoms with Gasteiger partial charge in [-0.2, -0.15) is 0 Å². The van der Waals surface area contributed by atoms with Crippen LogP contribution >= 0.6 is 0 Å². The standard InChI is InChI=1S/C5H5.2C2H5.ClH.Zr/c1-2-4-5-3-1;2*1-2;;/h1-3H,4H2;2*1H2,2H3;1H;/q;;;;+1/p-1. The molecule has 0 aromatic heterocycles. The third-order valence-electron chi connectivity index (χ3n) is 2.08. The molecule has 1 rings (SSSR count). The third kappa shape index (κ3) is 3.26. The van der Waals surface area contributed by atoms with E-state index in [9.17, 15) is 0 Å². The smallest absolute Gasteiger partial charge is 1.00 e. The minimum absolute atomic E-state index is 0. The number of rotatable bonds is 3. The predicted molar refractivity (Wildman–Crippen MR) is 42.8 cm³/mol. The molecule has 0 nitrogen and oxygen atoms in total. The van der Waals surface area contributed by atoms with Crippen LogP contribution in [0.25, 0.3) is 0 Å². The van der Waals surface area contributed by atoms with Crippen LogP contribution in [0.3, 0.4) is 0 Å². The average Bonchev–Trinajstić information content (AvgIpc) is 2.43. The molecular weight excluding hydrogens is 235 g/mol. The molecule has 2 heteroatoms. The van der Waals surface area contributed by atoms with Gasteiger partial charge in [0.25, 0.3) is 0 Å². The van der Waals surface area contributed by atoms with Gasteiger partial charge >= 0.3 is 71.8 Å². The van der Waals surface area contributed by atoms with Crippen molar-refractivity contribution < 1.29 is 34.2 Å². The summed E-state index contributed by atoms with van der Waals surface area (Å²) in [5.74, 6) is 0. The molecule has 0 unspecified atom stereocenters. The molecule has 11 heavy (non-hydrogen) atoms. The maximum atomic E-state index is 2.36. The van der Waals surface area contributed by atoms with Crippen molar-refractivity contribution in [3.63, 3.8) is 0 Å². The summed E-state index contributed by atoms with van der Waals surface area (Å²) in [7, 11) is 0. The van der Waals surface area contributed by atoms with Gasteiger partial charge in [-0.3, -0.25) is 0 Å². The summed E-state index contributed by atoms with van der Waals surface area (Å²) in [6.07, 6.45) is 8.17. The van der Waals surface area contributed by atoms with Gasteiger partial charge in [0.05, 0.1) is 0 Å². The van der Waals surface area contributed by atoms with Crippen LogP contribution < -0.4 is 12.4 Å². The Balaban J connectivity index is 0.000001000. The van der Waals surface area contributed by atoms with Crippen LogP contribution in [-0.2, 0) is 21.8 Å². The quantitative estimate of drug-likeness (QED) is 0.677. The molecular formula is C9H15ClZr. The Morgan fingerprint density at radius 3 is 2.36 bits per heavy atom. The molecule has 0 radical (unpaired) electrons. The maximum Gasteiger partial charge on any atom is -1.00 e. The fourth-order valence-electron chi connectivity index (χ4n) is 1.41. The van der Waals surface area contributed by atoms with Crippen LogP contribution in [-0.4, -0.2) is 0 Å². The Morgan fingerprint density at radius 1 is 1.36 bits per heavy atom. The van der Waals surface area contributed by atoms with E-state index in [1.165, 1.54) is 14.7 Å². The van der Waals surface area contributed by atoms with Crippen molar-refractivity contribution in [1.29, 1.82) is 0 Å². The predicted octanol–water partition coefficient (Wildman–Crippen LogP) is 0.329. The van der Waals surface area contributed by atoms with Crippen molar-refractivity contribution in [2.75, 3.05) is 0 Å². The van der Waals surface area contributed by atoms with E-state index in [1.54, 1.807) is 0 Å². The maximum absolute atomic E-state index is 2.36. The van der Waals surface area contributed by atoms with E-state index < -0.39 is 21.8 Å². The summed E-state index contributed by atoms with van der Waals surface area (Å²) in [6.45, 7) is 4.72. The molecule has 0 amide bonds. The van der Waals surface area contributed by atoms with E-state index in [1.807, 2.05) is 3.28 Å². The largest absolute Gasteiger partial charge is 1.00 e. The van der Waals surface area contributed by atoms with Crippen molar-refractivity contribution in [1.82, 2.24) is 0 Å². The van der Waals surface area contributed by atoms with Crippen molar-refractivity contribution in [3.8, 4) is 0 Å². The van der Waals surface area contributed by atoms with Crippen molar-refractivity contribution in [2.24, 2.45) is 0 Å². The molecule has 0 fully saturated rings. The van der Waals surface area contributed by atoms with Gasteiger partial charge in [-0.25, -0.2) is 0 Å². The molecule has 0 atom stereocenters. The summed E-state index contributed by atoms with van der Waals surface area (Å²) in [6, 6.07) is 0. The molecule has 0 bridgehead atoms. The second kappa shape index (κ2) is 6.20. The van der Waals surface area contributed by atoms with E-state index >= 15 is 0 Å². The van der Waals surface area contributed by atoms with Crippen LogP contribution in [0.15, 0.2) is 21.5 Å². The molecule has 62 valence electrons. The van der Waals surface area contributed by atoms with Gasteiger partial charge in [0.15, 0.2) is 0 Å². The van der Waals surface area contributed by atoms with E-state index in [0.29, 0.717) is 0 Å². The Kier molecular flexibility index (Phi) is 6.57. The number of allylic oxidation sites excluding steroid dienone is 4. The minimum Gasteiger partial charge on any atom is -1.00 e. The summed E-state index contributed by atoms with van der Waals surface area (Å²) in [5, 5.41) is 0. The first kappa shape index (κ1) is 11.7. The van der Waals surface area contributed by atoms with Gasteiger partial charge in [0, 0.05) is 0 Å². The molecule has 0 heterocycles. The van der Waals surface area contributed by atoms with Gasteiger partial charge in [-0.15, -0.1) is 0 Å². The van der Waals surface area contributed by atoms with Gasteiger partial charge in [0.1, 0.15) is 0 Å². The molecule has 1 aliphatic carbocycles. The number of halogens is 1. The van der Waals surface area contributed by atoms with Gasteiger partial charge in [0.2, 0.25) is 0 Å². The Labute approximate surface area is 83.8 Å². The molecule has 0 spiro atoms. The topological polar surface area (TPSA) is 0 Å². The van der Waals surface area contributed by atoms with E-state index in [2.05, 4.69) is 32.1 Å². The first-order valence-corrected chi connectivity index (χ1v) is 8.79. The second-order valence-electron chi connectivity index (χ2n) is 2.63. The molecule has 1 aliphatic rings. The first-order chi connectivity index (χ1) is 4.88. The average molecular weight is 250 g/mol. The van der Waals surface area contributed by atoms with Crippen molar-refractivity contribution in [3.05, 3.63) is 21.5 Å². The van der Waals surface area contributed by atoms with Crippen molar-refractivity contribution in [2.45, 2.75) is 28.5 Å². The fraction of sp³-hybridized carbons (Fsp3) is 0.556. The summed E-state index contributed by atoms with van der Waals surface area (Å²) in [4.78, 5) is 0. The zero-order valence-corrected chi connectivity index (χ0v) is 10.4. The van der Waals surface area contributed by atoms with Crippen LogP contribution in [0.4, 0.5) is 0 Å². The fourth-order valence-corrected chi connectivity index (χ4v) is 6.69. The summed E-state index contributed by atoms with van der Waals surface area (Å²) in [5.41, 5.74) is 0. The number of hydrogen-bond acceptors (Lipinski definition) is 0.